The minimum absolute atomic E-state index is 0.143. The van der Waals surface area contributed by atoms with E-state index in [-0.39, 0.29) is 16.5 Å². The molecule has 0 spiro atoms. The van der Waals surface area contributed by atoms with Crippen molar-refractivity contribution in [3.8, 4) is 6.07 Å². The molecular formula is C11H7BrF3NO2. The molecule has 0 atom stereocenters. The molecule has 0 N–H and O–H groups in total. The molecule has 1 aromatic rings. The number of rotatable bonds is 2. The molecular weight excluding hydrogens is 315 g/mol. The smallest absolute Gasteiger partial charge is 0.417 e. The van der Waals surface area contributed by atoms with Crippen LogP contribution < -0.4 is 0 Å². The summed E-state index contributed by atoms with van der Waals surface area (Å²) in [5.74, 6) is -0.966. The van der Waals surface area contributed by atoms with E-state index in [9.17, 15) is 18.0 Å². The summed E-state index contributed by atoms with van der Waals surface area (Å²) in [6, 6.07) is 3.34. The standard InChI is InChI=1S/C11H7BrF3NO2/c1-18-10(17)9-6(4-12)2-3-8(7(9)5-16)11(13,14)15/h2-3H,4H2,1H3. The van der Waals surface area contributed by atoms with Crippen molar-refractivity contribution in [3.05, 3.63) is 34.4 Å². The van der Waals surface area contributed by atoms with Gasteiger partial charge in [0.2, 0.25) is 0 Å². The number of carbonyl (C=O) groups is 1. The highest BCUT2D eigenvalue weighted by atomic mass is 79.9. The molecule has 3 nitrogen and oxygen atoms in total. The van der Waals surface area contributed by atoms with Crippen LogP contribution in [0.1, 0.15) is 27.0 Å². The van der Waals surface area contributed by atoms with Crippen molar-refractivity contribution in [2.24, 2.45) is 0 Å². The second kappa shape index (κ2) is 5.40. The maximum absolute atomic E-state index is 12.7. The van der Waals surface area contributed by atoms with Crippen molar-refractivity contribution >= 4 is 21.9 Å². The van der Waals surface area contributed by atoms with Gasteiger partial charge in [-0.2, -0.15) is 18.4 Å². The van der Waals surface area contributed by atoms with E-state index in [4.69, 9.17) is 5.26 Å². The molecule has 0 fully saturated rings. The highest BCUT2D eigenvalue weighted by molar-refractivity contribution is 9.08. The summed E-state index contributed by atoms with van der Waals surface area (Å²) in [5, 5.41) is 9.00. The molecule has 96 valence electrons. The Kier molecular flexibility index (Phi) is 4.35. The lowest BCUT2D eigenvalue weighted by atomic mass is 9.97. The van der Waals surface area contributed by atoms with Crippen LogP contribution in [0.4, 0.5) is 13.2 Å². The first-order chi connectivity index (χ1) is 8.36. The van der Waals surface area contributed by atoms with E-state index >= 15 is 0 Å². The summed E-state index contributed by atoms with van der Waals surface area (Å²) in [6.45, 7) is 0. The van der Waals surface area contributed by atoms with Crippen LogP contribution in [-0.4, -0.2) is 13.1 Å². The van der Waals surface area contributed by atoms with Crippen LogP contribution in [0.25, 0.3) is 0 Å². The Labute approximate surface area is 109 Å². The molecule has 0 aliphatic carbocycles. The van der Waals surface area contributed by atoms with Gasteiger partial charge in [0.1, 0.15) is 6.07 Å². The number of alkyl halides is 4. The molecule has 1 aromatic carbocycles. The zero-order valence-corrected chi connectivity index (χ0v) is 10.7. The third kappa shape index (κ3) is 2.64. The predicted molar refractivity (Wildman–Crippen MR) is 60.1 cm³/mol. The minimum atomic E-state index is -4.70. The zero-order chi connectivity index (χ0) is 13.9. The molecule has 0 aromatic heterocycles. The van der Waals surface area contributed by atoms with Gasteiger partial charge in [-0.15, -0.1) is 0 Å². The van der Waals surface area contributed by atoms with Crippen molar-refractivity contribution < 1.29 is 22.7 Å². The largest absolute Gasteiger partial charge is 0.465 e. The highest BCUT2D eigenvalue weighted by Crippen LogP contribution is 2.34. The average Bonchev–Trinajstić information content (AvgIpc) is 2.34. The third-order valence-corrected chi connectivity index (χ3v) is 2.85. The van der Waals surface area contributed by atoms with E-state index in [0.29, 0.717) is 0 Å². The number of hydrogen-bond donors (Lipinski definition) is 0. The van der Waals surface area contributed by atoms with Gasteiger partial charge in [0.05, 0.1) is 23.8 Å². The van der Waals surface area contributed by atoms with Crippen molar-refractivity contribution in [2.45, 2.75) is 11.5 Å². The van der Waals surface area contributed by atoms with Gasteiger partial charge in [-0.3, -0.25) is 0 Å². The van der Waals surface area contributed by atoms with Gasteiger partial charge < -0.3 is 4.74 Å². The summed E-state index contributed by atoms with van der Waals surface area (Å²) in [4.78, 5) is 11.5. The van der Waals surface area contributed by atoms with Gasteiger partial charge in [-0.1, -0.05) is 22.0 Å². The van der Waals surface area contributed by atoms with Crippen molar-refractivity contribution in [3.63, 3.8) is 0 Å². The second-order valence-electron chi connectivity index (χ2n) is 3.26. The number of carbonyl (C=O) groups excluding carboxylic acids is 1. The Hall–Kier alpha value is -1.55. The summed E-state index contributed by atoms with van der Waals surface area (Å²) in [6.07, 6.45) is -4.70. The first kappa shape index (κ1) is 14.5. The van der Waals surface area contributed by atoms with Crippen molar-refractivity contribution in [2.75, 3.05) is 7.11 Å². The molecule has 1 rings (SSSR count). The van der Waals surface area contributed by atoms with Crippen LogP contribution in [0.5, 0.6) is 0 Å². The van der Waals surface area contributed by atoms with Crippen LogP contribution in [0, 0.1) is 11.3 Å². The Balaban J connectivity index is 3.64. The molecule has 7 heteroatoms. The quantitative estimate of drug-likeness (QED) is 0.620. The van der Waals surface area contributed by atoms with Crippen LogP contribution in [0.15, 0.2) is 12.1 Å². The van der Waals surface area contributed by atoms with E-state index in [1.807, 2.05) is 0 Å². The fourth-order valence-corrected chi connectivity index (χ4v) is 1.91. The average molecular weight is 322 g/mol. The molecule has 0 aliphatic heterocycles. The van der Waals surface area contributed by atoms with Crippen LogP contribution >= 0.6 is 15.9 Å². The molecule has 0 unspecified atom stereocenters. The lowest BCUT2D eigenvalue weighted by Crippen LogP contribution is -2.15. The molecule has 0 saturated carbocycles. The first-order valence-electron chi connectivity index (χ1n) is 4.64. The van der Waals surface area contributed by atoms with E-state index in [1.54, 1.807) is 0 Å². The number of esters is 1. The molecule has 0 amide bonds. The van der Waals surface area contributed by atoms with E-state index in [2.05, 4.69) is 20.7 Å². The van der Waals surface area contributed by atoms with Gasteiger partial charge in [0.25, 0.3) is 0 Å². The van der Waals surface area contributed by atoms with Crippen LogP contribution in [-0.2, 0) is 16.2 Å². The van der Waals surface area contributed by atoms with Gasteiger partial charge >= 0.3 is 12.1 Å². The number of hydrogen-bond acceptors (Lipinski definition) is 3. The van der Waals surface area contributed by atoms with Gasteiger partial charge in [-0.05, 0) is 11.6 Å². The monoisotopic (exact) mass is 321 g/mol. The Morgan fingerprint density at radius 1 is 1.50 bits per heavy atom. The summed E-state index contributed by atoms with van der Waals surface area (Å²) in [5.41, 5.74) is -1.94. The van der Waals surface area contributed by atoms with E-state index in [1.165, 1.54) is 6.07 Å². The van der Waals surface area contributed by atoms with Gasteiger partial charge in [0, 0.05) is 5.33 Å². The Morgan fingerprint density at radius 3 is 2.50 bits per heavy atom. The first-order valence-corrected chi connectivity index (χ1v) is 5.76. The number of nitrogens with zero attached hydrogens (tertiary/aromatic N) is 1. The zero-order valence-electron chi connectivity index (χ0n) is 9.14. The van der Waals surface area contributed by atoms with Crippen LogP contribution in [0.3, 0.4) is 0 Å². The molecule has 0 aliphatic rings. The van der Waals surface area contributed by atoms with E-state index < -0.39 is 23.3 Å². The molecule has 0 heterocycles. The lowest BCUT2D eigenvalue weighted by Gasteiger charge is -2.13. The SMILES string of the molecule is COC(=O)c1c(CBr)ccc(C(F)(F)F)c1C#N. The molecule has 0 saturated heterocycles. The van der Waals surface area contributed by atoms with Gasteiger partial charge in [0.15, 0.2) is 0 Å². The number of ether oxygens (including phenoxy) is 1. The molecule has 0 radical (unpaired) electrons. The van der Waals surface area contributed by atoms with Gasteiger partial charge in [-0.25, -0.2) is 4.79 Å². The molecule has 18 heavy (non-hydrogen) atoms. The normalized spacial score (nSPS) is 10.9. The maximum atomic E-state index is 12.7. The fourth-order valence-electron chi connectivity index (χ4n) is 1.44. The predicted octanol–water partition coefficient (Wildman–Crippen LogP) is 3.26. The number of nitriles is 1. The molecule has 0 bridgehead atoms. The Morgan fingerprint density at radius 2 is 2.11 bits per heavy atom. The van der Waals surface area contributed by atoms with Crippen LogP contribution in [0.2, 0.25) is 0 Å². The number of benzene rings is 1. The number of halogens is 4. The summed E-state index contributed by atoms with van der Waals surface area (Å²) < 4.78 is 42.5. The van der Waals surface area contributed by atoms with Crippen molar-refractivity contribution in [1.29, 1.82) is 5.26 Å². The topological polar surface area (TPSA) is 50.1 Å². The second-order valence-corrected chi connectivity index (χ2v) is 3.82. The minimum Gasteiger partial charge on any atom is -0.465 e. The number of methoxy groups -OCH3 is 1. The third-order valence-electron chi connectivity index (χ3n) is 2.24. The van der Waals surface area contributed by atoms with E-state index in [0.717, 1.165) is 19.2 Å². The summed E-state index contributed by atoms with van der Waals surface area (Å²) >= 11 is 3.05. The lowest BCUT2D eigenvalue weighted by molar-refractivity contribution is -0.137. The highest BCUT2D eigenvalue weighted by Gasteiger charge is 2.36. The maximum Gasteiger partial charge on any atom is 0.417 e. The summed E-state index contributed by atoms with van der Waals surface area (Å²) in [7, 11) is 1.04. The fraction of sp³-hybridized carbons (Fsp3) is 0.273. The Bertz CT molecular complexity index is 520. The van der Waals surface area contributed by atoms with Crippen molar-refractivity contribution in [1.82, 2.24) is 0 Å².